The van der Waals surface area contributed by atoms with E-state index in [1.165, 1.54) is 0 Å². The van der Waals surface area contributed by atoms with Gasteiger partial charge in [-0.25, -0.2) is 0 Å². The smallest absolute Gasteiger partial charge is 0.239 e. The molecule has 0 N–H and O–H groups in total. The van der Waals surface area contributed by atoms with E-state index in [9.17, 15) is 4.79 Å². The zero-order valence-electron chi connectivity index (χ0n) is 6.64. The molecule has 14 heavy (non-hydrogen) atoms. The molecule has 0 aliphatic heterocycles. The van der Waals surface area contributed by atoms with Crippen LogP contribution in [0.2, 0.25) is 0 Å². The third kappa shape index (κ3) is 3.04. The fourth-order valence-electron chi connectivity index (χ4n) is 0.804. The maximum atomic E-state index is 11.6. The van der Waals surface area contributed by atoms with E-state index in [1.54, 1.807) is 24.3 Å². The Morgan fingerprint density at radius 1 is 1.29 bits per heavy atom. The first-order chi connectivity index (χ1) is 6.47. The van der Waals surface area contributed by atoms with Crippen LogP contribution in [0.15, 0.2) is 28.7 Å². The first-order valence-electron chi connectivity index (χ1n) is 3.45. The van der Waals surface area contributed by atoms with Gasteiger partial charge in [0.2, 0.25) is 9.45 Å². The highest BCUT2D eigenvalue weighted by Gasteiger charge is 2.34. The topological polar surface area (TPSA) is 17.1 Å². The monoisotopic (exact) mass is 332 g/mol. The quantitative estimate of drug-likeness (QED) is 0.591. The third-order valence-corrected chi connectivity index (χ3v) is 4.35. The molecule has 0 amide bonds. The zero-order valence-corrected chi connectivity index (χ0v) is 11.3. The molecular formula is C8H4BrCl3OS. The third-order valence-electron chi connectivity index (χ3n) is 1.47. The van der Waals surface area contributed by atoms with E-state index in [0.717, 1.165) is 4.47 Å². The Hall–Kier alpha value is 0.590. The summed E-state index contributed by atoms with van der Waals surface area (Å²) >= 11 is 14.6. The van der Waals surface area contributed by atoms with Gasteiger partial charge in [-0.2, -0.15) is 0 Å². The van der Waals surface area contributed by atoms with Crippen molar-refractivity contribution in [2.75, 3.05) is 0 Å². The number of hydrogen-bond donors (Lipinski definition) is 0. The zero-order chi connectivity index (χ0) is 10.8. The molecule has 0 aliphatic carbocycles. The maximum absolute atomic E-state index is 11.6. The Kier molecular flexibility index (Phi) is 4.59. The van der Waals surface area contributed by atoms with Crippen molar-refractivity contribution in [1.82, 2.24) is 0 Å². The van der Waals surface area contributed by atoms with E-state index in [1.807, 2.05) is 0 Å². The summed E-state index contributed by atoms with van der Waals surface area (Å²) in [5, 5.41) is 0. The number of rotatable bonds is 3. The van der Waals surface area contributed by atoms with Crippen LogP contribution in [0.3, 0.4) is 0 Å². The van der Waals surface area contributed by atoms with Gasteiger partial charge in [0, 0.05) is 10.0 Å². The molecule has 6 heteroatoms. The lowest BCUT2D eigenvalue weighted by atomic mass is 10.1. The summed E-state index contributed by atoms with van der Waals surface area (Å²) in [4.78, 5) is 11.6. The largest absolute Gasteiger partial charge is 0.290 e. The summed E-state index contributed by atoms with van der Waals surface area (Å²) < 4.78 is -0.752. The number of halogens is 4. The number of Topliss-reactive ketones (excluding diaryl/α,β-unsaturated/α-hetero) is 1. The van der Waals surface area contributed by atoms with Gasteiger partial charge < -0.3 is 0 Å². The molecule has 0 heterocycles. The van der Waals surface area contributed by atoms with Crippen molar-refractivity contribution >= 4 is 66.6 Å². The van der Waals surface area contributed by atoms with Gasteiger partial charge in [0.15, 0.2) is 0 Å². The van der Waals surface area contributed by atoms with E-state index in [2.05, 4.69) is 15.9 Å². The molecule has 0 saturated heterocycles. The number of ketones is 1. The van der Waals surface area contributed by atoms with E-state index in [4.69, 9.17) is 33.9 Å². The molecule has 1 rings (SSSR count). The van der Waals surface area contributed by atoms with Crippen LogP contribution in [0.4, 0.5) is 0 Å². The predicted molar refractivity (Wildman–Crippen MR) is 66.4 cm³/mol. The highest BCUT2D eigenvalue weighted by atomic mass is 79.9. The van der Waals surface area contributed by atoms with Gasteiger partial charge in [0.1, 0.15) is 0 Å². The second kappa shape index (κ2) is 5.08. The van der Waals surface area contributed by atoms with Crippen molar-refractivity contribution in [3.63, 3.8) is 0 Å². The van der Waals surface area contributed by atoms with Crippen molar-refractivity contribution in [3.05, 3.63) is 34.3 Å². The Balaban J connectivity index is 2.96. The number of hydrogen-bond acceptors (Lipinski definition) is 2. The minimum atomic E-state index is -1.63. The molecule has 0 aromatic heterocycles. The second-order valence-electron chi connectivity index (χ2n) is 2.43. The summed E-state index contributed by atoms with van der Waals surface area (Å²) in [6, 6.07) is 6.71. The van der Waals surface area contributed by atoms with Crippen LogP contribution in [0, 0.1) is 0 Å². The summed E-state index contributed by atoms with van der Waals surface area (Å²) in [5.74, 6) is -0.423. The number of alkyl halides is 2. The molecule has 1 nitrogen and oxygen atoms in total. The van der Waals surface area contributed by atoms with Gasteiger partial charge in [-0.15, -0.1) is 0 Å². The fraction of sp³-hybridized carbons (Fsp3) is 0.125. The summed E-state index contributed by atoms with van der Waals surface area (Å²) in [7, 11) is 5.97. The van der Waals surface area contributed by atoms with Crippen molar-refractivity contribution in [2.45, 2.75) is 3.67 Å². The molecular weight excluding hydrogens is 330 g/mol. The molecule has 0 spiro atoms. The van der Waals surface area contributed by atoms with Crippen LogP contribution >= 0.6 is 60.8 Å². The van der Waals surface area contributed by atoms with Crippen molar-refractivity contribution < 1.29 is 4.79 Å². The first kappa shape index (κ1) is 12.7. The number of carbonyl (C=O) groups excluding carboxylic acids is 1. The summed E-state index contributed by atoms with van der Waals surface area (Å²) in [6.07, 6.45) is 0. The van der Waals surface area contributed by atoms with Gasteiger partial charge in [-0.3, -0.25) is 4.79 Å². The lowest BCUT2D eigenvalue weighted by Gasteiger charge is -2.12. The number of benzene rings is 1. The van der Waals surface area contributed by atoms with Crippen LogP contribution in [0.1, 0.15) is 10.4 Å². The minimum Gasteiger partial charge on any atom is -0.290 e. The molecule has 0 radical (unpaired) electrons. The SMILES string of the molecule is O=C(c1ccc(Br)cc1)C(Cl)(Cl)SCl. The van der Waals surface area contributed by atoms with Crippen LogP contribution in [0.5, 0.6) is 0 Å². The molecule has 0 atom stereocenters. The maximum Gasteiger partial charge on any atom is 0.239 e. The van der Waals surface area contributed by atoms with E-state index < -0.39 is 9.45 Å². The summed E-state index contributed by atoms with van der Waals surface area (Å²) in [6.45, 7) is 0. The van der Waals surface area contributed by atoms with Gasteiger partial charge in [0.05, 0.1) is 0 Å². The normalized spacial score (nSPS) is 11.4. The summed E-state index contributed by atoms with van der Waals surface area (Å²) in [5.41, 5.74) is 0.423. The molecule has 1 aromatic rings. The fourth-order valence-corrected chi connectivity index (χ4v) is 1.69. The molecule has 0 fully saturated rings. The van der Waals surface area contributed by atoms with Crippen molar-refractivity contribution in [3.8, 4) is 0 Å². The molecule has 0 aliphatic rings. The Morgan fingerprint density at radius 2 is 1.79 bits per heavy atom. The van der Waals surface area contributed by atoms with Gasteiger partial charge in [0.25, 0.3) is 0 Å². The number of carbonyl (C=O) groups is 1. The Bertz CT molecular complexity index is 339. The molecule has 0 bridgehead atoms. The van der Waals surface area contributed by atoms with Crippen LogP contribution < -0.4 is 0 Å². The molecule has 0 unspecified atom stereocenters. The van der Waals surface area contributed by atoms with E-state index in [0.29, 0.717) is 16.5 Å². The van der Waals surface area contributed by atoms with Crippen LogP contribution in [0.25, 0.3) is 0 Å². The minimum absolute atomic E-state index is 0.423. The Labute approximate surface area is 109 Å². The van der Waals surface area contributed by atoms with Crippen LogP contribution in [-0.4, -0.2) is 9.45 Å². The van der Waals surface area contributed by atoms with Gasteiger partial charge >= 0.3 is 0 Å². The molecule has 0 saturated carbocycles. The van der Waals surface area contributed by atoms with E-state index >= 15 is 0 Å². The lowest BCUT2D eigenvalue weighted by molar-refractivity contribution is 0.0999. The average molecular weight is 334 g/mol. The first-order valence-corrected chi connectivity index (χ1v) is 6.64. The second-order valence-corrected chi connectivity index (χ2v) is 6.35. The standard InChI is InChI=1S/C8H4BrCl3OS/c9-6-3-1-5(2-4-6)7(13)8(10,11)14-12/h1-4H. The predicted octanol–water partition coefficient (Wildman–Crippen LogP) is 4.65. The van der Waals surface area contributed by atoms with E-state index in [-0.39, 0.29) is 0 Å². The Morgan fingerprint density at radius 3 is 2.21 bits per heavy atom. The average Bonchev–Trinajstić information content (AvgIpc) is 2.18. The highest BCUT2D eigenvalue weighted by Crippen LogP contribution is 2.40. The highest BCUT2D eigenvalue weighted by molar-refractivity contribution is 9.10. The van der Waals surface area contributed by atoms with Crippen molar-refractivity contribution in [1.29, 1.82) is 0 Å². The van der Waals surface area contributed by atoms with Gasteiger partial charge in [-0.1, -0.05) is 51.3 Å². The lowest BCUT2D eigenvalue weighted by Crippen LogP contribution is -2.20. The molecule has 76 valence electrons. The molecule has 1 aromatic carbocycles. The van der Waals surface area contributed by atoms with Crippen LogP contribution in [-0.2, 0) is 0 Å². The van der Waals surface area contributed by atoms with Gasteiger partial charge in [-0.05, 0) is 33.8 Å². The van der Waals surface area contributed by atoms with Crippen molar-refractivity contribution in [2.24, 2.45) is 0 Å².